The minimum Gasteiger partial charge on any atom is -0.472 e. The van der Waals surface area contributed by atoms with Crippen molar-refractivity contribution in [3.8, 4) is 0 Å². The van der Waals surface area contributed by atoms with Crippen LogP contribution in [0.1, 0.15) is 31.7 Å². The molecule has 1 aromatic carbocycles. The Hall–Kier alpha value is -1.91. The molecule has 112 valence electrons. The first-order valence-electron chi connectivity index (χ1n) is 6.75. The van der Waals surface area contributed by atoms with E-state index in [0.717, 1.165) is 18.4 Å². The highest BCUT2D eigenvalue weighted by Gasteiger charge is 2.35. The number of aliphatic carboxylic acids is 1. The lowest BCUT2D eigenvalue weighted by atomic mass is 10.1. The molecule has 0 bridgehead atoms. The number of ketones is 1. The van der Waals surface area contributed by atoms with Gasteiger partial charge in [-0.2, -0.15) is 4.79 Å². The van der Waals surface area contributed by atoms with Crippen LogP contribution in [0.3, 0.4) is 0 Å². The molecule has 0 saturated heterocycles. The predicted octanol–water partition coefficient (Wildman–Crippen LogP) is 2.80. The van der Waals surface area contributed by atoms with Gasteiger partial charge in [0.25, 0.3) is 5.78 Å². The van der Waals surface area contributed by atoms with Crippen LogP contribution in [-0.4, -0.2) is 32.6 Å². The predicted molar refractivity (Wildman–Crippen MR) is 82.3 cm³/mol. The molecule has 0 aliphatic heterocycles. The number of nitrogens with zero attached hydrogens (tertiary/aromatic N) is 2. The van der Waals surface area contributed by atoms with Crippen LogP contribution in [0.2, 0.25) is 0 Å². The van der Waals surface area contributed by atoms with Crippen molar-refractivity contribution in [3.05, 3.63) is 41.4 Å². The third kappa shape index (κ3) is 5.53. The smallest absolute Gasteiger partial charge is 0.442 e. The van der Waals surface area contributed by atoms with E-state index in [-0.39, 0.29) is 0 Å². The first-order valence-corrected chi connectivity index (χ1v) is 7.80. The molecule has 0 fully saturated rings. The van der Waals surface area contributed by atoms with Crippen LogP contribution in [0.15, 0.2) is 30.3 Å². The van der Waals surface area contributed by atoms with Crippen molar-refractivity contribution in [3.63, 3.8) is 0 Å². The third-order valence-electron chi connectivity index (χ3n) is 2.94. The van der Waals surface area contributed by atoms with Crippen molar-refractivity contribution < 1.29 is 19.5 Å². The zero-order valence-electron chi connectivity index (χ0n) is 11.9. The molecule has 0 saturated carbocycles. The Bertz CT molecular complexity index is 539. The lowest BCUT2D eigenvalue weighted by Gasteiger charge is -2.12. The highest BCUT2D eigenvalue weighted by atomic mass is 32.2. The molecule has 21 heavy (non-hydrogen) atoms. The molecule has 1 N–H and O–H groups in total. The summed E-state index contributed by atoms with van der Waals surface area (Å²) in [6.45, 7) is 2.00. The van der Waals surface area contributed by atoms with Gasteiger partial charge in [-0.1, -0.05) is 50.1 Å². The molecule has 1 aromatic rings. The average molecular weight is 306 g/mol. The van der Waals surface area contributed by atoms with Crippen molar-refractivity contribution in [2.24, 2.45) is 0 Å². The topological polar surface area (TPSA) is 90.8 Å². The maximum Gasteiger partial charge on any atom is 0.442 e. The molecule has 0 heterocycles. The molecule has 5 nitrogen and oxygen atoms in total. The van der Waals surface area contributed by atoms with Gasteiger partial charge in [0.2, 0.25) is 0 Å². The van der Waals surface area contributed by atoms with E-state index >= 15 is 0 Å². The quantitative estimate of drug-likeness (QED) is 0.329. The number of rotatable bonds is 9. The van der Waals surface area contributed by atoms with Gasteiger partial charge >= 0.3 is 11.7 Å². The van der Waals surface area contributed by atoms with E-state index in [4.69, 9.17) is 10.6 Å². The number of carbonyl (C=O) groups excluding carboxylic acids is 1. The molecular formula is C15H18N2O3S. The number of unbranched alkanes of at least 4 members (excludes halogenated alkanes) is 1. The van der Waals surface area contributed by atoms with Crippen molar-refractivity contribution in [1.82, 2.24) is 0 Å². The van der Waals surface area contributed by atoms with Crippen LogP contribution >= 0.6 is 11.8 Å². The van der Waals surface area contributed by atoms with Crippen LogP contribution in [-0.2, 0) is 15.3 Å². The maximum atomic E-state index is 12.2. The van der Waals surface area contributed by atoms with E-state index in [2.05, 4.69) is 4.79 Å². The fourth-order valence-corrected chi connectivity index (χ4v) is 2.98. The second kappa shape index (κ2) is 9.10. The zero-order valence-corrected chi connectivity index (χ0v) is 12.7. The van der Waals surface area contributed by atoms with Gasteiger partial charge in [0.05, 0.1) is 5.25 Å². The van der Waals surface area contributed by atoms with Crippen LogP contribution in [0.25, 0.3) is 5.53 Å². The monoisotopic (exact) mass is 306 g/mol. The first-order chi connectivity index (χ1) is 10.1. The summed E-state index contributed by atoms with van der Waals surface area (Å²) in [6.07, 6.45) is 2.30. The van der Waals surface area contributed by atoms with Gasteiger partial charge in [-0.05, 0) is 12.0 Å². The second-order valence-corrected chi connectivity index (χ2v) is 5.74. The van der Waals surface area contributed by atoms with Gasteiger partial charge in [-0.25, -0.2) is 4.79 Å². The molecule has 0 aliphatic carbocycles. The highest BCUT2D eigenvalue weighted by Crippen LogP contribution is 2.23. The third-order valence-corrected chi connectivity index (χ3v) is 4.29. The maximum absolute atomic E-state index is 12.2. The Morgan fingerprint density at radius 1 is 1.33 bits per heavy atom. The fraction of sp³-hybridized carbons (Fsp3) is 0.400. The Morgan fingerprint density at radius 2 is 2.00 bits per heavy atom. The molecule has 0 spiro atoms. The van der Waals surface area contributed by atoms with Gasteiger partial charge < -0.3 is 10.6 Å². The lowest BCUT2D eigenvalue weighted by Crippen LogP contribution is -2.33. The fourth-order valence-electron chi connectivity index (χ4n) is 1.80. The molecular weight excluding hydrogens is 288 g/mol. The van der Waals surface area contributed by atoms with Gasteiger partial charge in [-0.15, -0.1) is 11.8 Å². The highest BCUT2D eigenvalue weighted by molar-refractivity contribution is 8.00. The molecule has 1 rings (SSSR count). The number of hydrogen-bond donors (Lipinski definition) is 1. The summed E-state index contributed by atoms with van der Waals surface area (Å²) in [6, 6.07) is 9.64. The molecule has 6 heteroatoms. The number of Topliss-reactive ketones (excluding diaryl/α,β-unsaturated/α-hetero) is 1. The van der Waals surface area contributed by atoms with E-state index in [1.165, 1.54) is 11.8 Å². The van der Waals surface area contributed by atoms with Crippen LogP contribution in [0, 0.1) is 0 Å². The molecule has 0 amide bonds. The summed E-state index contributed by atoms with van der Waals surface area (Å²) in [5.74, 6) is -1.51. The SMILES string of the molecule is CCCCC(SCc1ccccc1)C(=O)C(=[N+]=[N-])C(=O)O. The van der Waals surface area contributed by atoms with E-state index in [1.807, 2.05) is 37.3 Å². The van der Waals surface area contributed by atoms with Gasteiger partial charge in [-0.3, -0.25) is 4.79 Å². The van der Waals surface area contributed by atoms with E-state index in [1.54, 1.807) is 0 Å². The Kier molecular flexibility index (Phi) is 7.43. The largest absolute Gasteiger partial charge is 0.472 e. The molecule has 1 atom stereocenters. The number of benzene rings is 1. The number of carboxylic acids is 1. The van der Waals surface area contributed by atoms with Crippen LogP contribution in [0.5, 0.6) is 0 Å². The van der Waals surface area contributed by atoms with E-state index in [0.29, 0.717) is 12.2 Å². The Balaban J connectivity index is 2.77. The normalized spacial score (nSPS) is 11.5. The zero-order chi connectivity index (χ0) is 15.7. The number of hydrogen-bond acceptors (Lipinski definition) is 3. The molecule has 1 unspecified atom stereocenters. The Morgan fingerprint density at radius 3 is 2.52 bits per heavy atom. The van der Waals surface area contributed by atoms with Crippen molar-refractivity contribution in [2.45, 2.75) is 37.2 Å². The van der Waals surface area contributed by atoms with Crippen molar-refractivity contribution >= 4 is 29.2 Å². The molecule has 0 aromatic heterocycles. The van der Waals surface area contributed by atoms with Crippen molar-refractivity contribution in [1.29, 1.82) is 0 Å². The summed E-state index contributed by atoms with van der Waals surface area (Å²) in [5.41, 5.74) is 8.97. The van der Waals surface area contributed by atoms with E-state index < -0.39 is 22.7 Å². The van der Waals surface area contributed by atoms with Gasteiger partial charge in [0.15, 0.2) is 0 Å². The van der Waals surface area contributed by atoms with Crippen molar-refractivity contribution in [2.75, 3.05) is 0 Å². The summed E-state index contributed by atoms with van der Waals surface area (Å²) >= 11 is 1.38. The summed E-state index contributed by atoms with van der Waals surface area (Å²) < 4.78 is 0. The minimum atomic E-state index is -1.50. The summed E-state index contributed by atoms with van der Waals surface area (Å²) in [7, 11) is 0. The van der Waals surface area contributed by atoms with Gasteiger partial charge in [0.1, 0.15) is 0 Å². The second-order valence-electron chi connectivity index (χ2n) is 4.55. The molecule has 0 aliphatic rings. The molecule has 0 radical (unpaired) electrons. The Labute approximate surface area is 128 Å². The van der Waals surface area contributed by atoms with Gasteiger partial charge in [0, 0.05) is 5.75 Å². The minimum absolute atomic E-state index is 0.507. The lowest BCUT2D eigenvalue weighted by molar-refractivity contribution is -0.136. The number of carboxylic acid groups (broad SMARTS) is 1. The standard InChI is InChI=1S/C15H18N2O3S/c1-2-3-9-12(14(18)13(17-16)15(19)20)21-10-11-7-5-4-6-8-11/h4-8,12H,2-3,9-10H2,1H3,(H,19,20). The average Bonchev–Trinajstić information content (AvgIpc) is 2.48. The first kappa shape index (κ1) is 17.1. The number of carbonyl (C=O) groups is 2. The number of thioether (sulfide) groups is 1. The summed E-state index contributed by atoms with van der Waals surface area (Å²) in [4.78, 5) is 25.7. The van der Waals surface area contributed by atoms with Crippen LogP contribution < -0.4 is 0 Å². The summed E-state index contributed by atoms with van der Waals surface area (Å²) in [5, 5.41) is 8.38. The van der Waals surface area contributed by atoms with E-state index in [9.17, 15) is 9.59 Å². The van der Waals surface area contributed by atoms with Crippen LogP contribution in [0.4, 0.5) is 0 Å².